The standard InChI is InChI=1S/C11H15N2O2S/c1-13(2)10(11(15)12-16)7-8-3-5-9(14)6-4-8/h3-6,10H,7H2,1-2H3,(H2-,12,14,15,16)/q-1/t10-/m0/s1. The molecule has 0 radical (unpaired) electrons. The summed E-state index contributed by atoms with van der Waals surface area (Å²) in [6, 6.07) is 6.51. The normalized spacial score (nSPS) is 12.5. The van der Waals surface area contributed by atoms with Crippen LogP contribution in [0.25, 0.3) is 0 Å². The lowest BCUT2D eigenvalue weighted by molar-refractivity contribution is -0.123. The number of nitrogens with one attached hydrogen (secondary N) is 1. The molecule has 1 aromatic carbocycles. The summed E-state index contributed by atoms with van der Waals surface area (Å²) < 4.78 is 2.23. The van der Waals surface area contributed by atoms with E-state index < -0.39 is 0 Å². The SMILES string of the molecule is CN(C)[C@@H](Cc1ccc(O)cc1)C(=O)N[S-]. The van der Waals surface area contributed by atoms with E-state index in [2.05, 4.69) is 17.5 Å². The number of hydrogen-bond acceptors (Lipinski definition) is 4. The predicted octanol–water partition coefficient (Wildman–Crippen LogP) is 0.443. The maximum Gasteiger partial charge on any atom is 0.215 e. The van der Waals surface area contributed by atoms with E-state index in [9.17, 15) is 4.79 Å². The van der Waals surface area contributed by atoms with Crippen LogP contribution in [0.4, 0.5) is 0 Å². The Hall–Kier alpha value is -1.20. The molecular weight excluding hydrogens is 224 g/mol. The summed E-state index contributed by atoms with van der Waals surface area (Å²) in [4.78, 5) is 13.3. The second kappa shape index (κ2) is 5.77. The van der Waals surface area contributed by atoms with Crippen LogP contribution < -0.4 is 4.72 Å². The molecule has 1 rings (SSSR count). The maximum atomic E-state index is 11.5. The van der Waals surface area contributed by atoms with Crippen LogP contribution in [-0.4, -0.2) is 36.1 Å². The molecule has 0 aromatic heterocycles. The van der Waals surface area contributed by atoms with Crippen LogP contribution in [0.3, 0.4) is 0 Å². The van der Waals surface area contributed by atoms with E-state index in [0.29, 0.717) is 6.42 Å². The highest BCUT2D eigenvalue weighted by Crippen LogP contribution is 2.12. The first kappa shape index (κ1) is 12.9. The zero-order chi connectivity index (χ0) is 12.1. The molecule has 0 fully saturated rings. The van der Waals surface area contributed by atoms with Crippen LogP contribution in [0.5, 0.6) is 5.75 Å². The molecule has 0 aliphatic carbocycles. The minimum absolute atomic E-state index is 0.187. The maximum absolute atomic E-state index is 11.5. The minimum atomic E-state index is -0.290. The number of nitrogens with zero attached hydrogens (tertiary/aromatic N) is 1. The molecule has 5 heteroatoms. The van der Waals surface area contributed by atoms with E-state index in [1.807, 2.05) is 19.0 Å². The smallest absolute Gasteiger partial charge is 0.215 e. The van der Waals surface area contributed by atoms with Gasteiger partial charge < -0.3 is 22.6 Å². The van der Waals surface area contributed by atoms with Gasteiger partial charge in [-0.3, -0.25) is 9.69 Å². The Morgan fingerprint density at radius 3 is 2.44 bits per heavy atom. The Labute approximate surface area is 101 Å². The molecule has 0 saturated carbocycles. The van der Waals surface area contributed by atoms with E-state index in [-0.39, 0.29) is 17.7 Å². The van der Waals surface area contributed by atoms with Gasteiger partial charge in [-0.2, -0.15) is 0 Å². The van der Waals surface area contributed by atoms with E-state index in [0.717, 1.165) is 5.56 Å². The molecule has 88 valence electrons. The van der Waals surface area contributed by atoms with Gasteiger partial charge in [-0.05, 0) is 38.2 Å². The van der Waals surface area contributed by atoms with Gasteiger partial charge in [0.25, 0.3) is 0 Å². The predicted molar refractivity (Wildman–Crippen MR) is 64.8 cm³/mol. The first-order valence-electron chi connectivity index (χ1n) is 4.91. The molecule has 0 unspecified atom stereocenters. The van der Waals surface area contributed by atoms with Crippen molar-refractivity contribution in [1.82, 2.24) is 9.62 Å². The number of likely N-dealkylation sites (N-methyl/N-ethyl adjacent to an activating group) is 1. The van der Waals surface area contributed by atoms with Crippen molar-refractivity contribution in [2.24, 2.45) is 0 Å². The molecule has 0 saturated heterocycles. The van der Waals surface area contributed by atoms with E-state index in [1.54, 1.807) is 24.3 Å². The van der Waals surface area contributed by atoms with Crippen molar-refractivity contribution in [3.8, 4) is 5.75 Å². The summed E-state index contributed by atoms with van der Waals surface area (Å²) in [5.41, 5.74) is 0.982. The molecule has 0 heterocycles. The van der Waals surface area contributed by atoms with Gasteiger partial charge in [0.1, 0.15) is 5.75 Å². The second-order valence-corrected chi connectivity index (χ2v) is 4.02. The fraction of sp³-hybridized carbons (Fsp3) is 0.364. The molecule has 1 amide bonds. The van der Waals surface area contributed by atoms with Gasteiger partial charge in [0, 0.05) is 0 Å². The second-order valence-electron chi connectivity index (χ2n) is 3.82. The molecule has 4 nitrogen and oxygen atoms in total. The van der Waals surface area contributed by atoms with Gasteiger partial charge in [0.15, 0.2) is 0 Å². The number of benzene rings is 1. The number of rotatable bonds is 4. The van der Waals surface area contributed by atoms with Crippen LogP contribution in [0.2, 0.25) is 0 Å². The Morgan fingerprint density at radius 1 is 1.44 bits per heavy atom. The van der Waals surface area contributed by atoms with Gasteiger partial charge in [-0.1, -0.05) is 12.1 Å². The Kier molecular flexibility index (Phi) is 4.64. The monoisotopic (exact) mass is 239 g/mol. The molecule has 16 heavy (non-hydrogen) atoms. The molecule has 1 aromatic rings. The van der Waals surface area contributed by atoms with Gasteiger partial charge >= 0.3 is 0 Å². The first-order valence-corrected chi connectivity index (χ1v) is 5.31. The Balaban J connectivity index is 2.75. The van der Waals surface area contributed by atoms with Crippen LogP contribution in [0.1, 0.15) is 5.56 Å². The van der Waals surface area contributed by atoms with Crippen LogP contribution >= 0.6 is 0 Å². The average Bonchev–Trinajstić information content (AvgIpc) is 2.27. The van der Waals surface area contributed by atoms with Crippen LogP contribution in [0, 0.1) is 0 Å². The van der Waals surface area contributed by atoms with Crippen molar-refractivity contribution in [1.29, 1.82) is 0 Å². The summed E-state index contributed by atoms with van der Waals surface area (Å²) in [5, 5.41) is 9.15. The Morgan fingerprint density at radius 2 is 2.00 bits per heavy atom. The van der Waals surface area contributed by atoms with Crippen LogP contribution in [0.15, 0.2) is 24.3 Å². The Bertz CT molecular complexity index is 352. The molecular formula is C11H15N2O2S-. The number of amides is 1. The van der Waals surface area contributed by atoms with Crippen LogP contribution in [-0.2, 0) is 24.0 Å². The van der Waals surface area contributed by atoms with E-state index >= 15 is 0 Å². The van der Waals surface area contributed by atoms with Gasteiger partial charge in [0.05, 0.1) is 6.04 Å². The van der Waals surface area contributed by atoms with E-state index in [1.165, 1.54) is 0 Å². The highest BCUT2D eigenvalue weighted by atomic mass is 32.1. The fourth-order valence-corrected chi connectivity index (χ4v) is 1.57. The number of hydrogen-bond donors (Lipinski definition) is 2. The summed E-state index contributed by atoms with van der Waals surface area (Å²) >= 11 is 4.54. The van der Waals surface area contributed by atoms with Gasteiger partial charge in [-0.15, -0.1) is 0 Å². The third-order valence-corrected chi connectivity index (χ3v) is 2.59. The van der Waals surface area contributed by atoms with Crippen molar-refractivity contribution >= 4 is 18.7 Å². The number of aromatic hydroxyl groups is 1. The lowest BCUT2D eigenvalue weighted by Gasteiger charge is -2.25. The topological polar surface area (TPSA) is 52.6 Å². The summed E-state index contributed by atoms with van der Waals surface area (Å²) in [6.07, 6.45) is 0.565. The summed E-state index contributed by atoms with van der Waals surface area (Å²) in [5.74, 6) is 0.0333. The third-order valence-electron chi connectivity index (χ3n) is 2.39. The number of phenols is 1. The molecule has 2 N–H and O–H groups in total. The highest BCUT2D eigenvalue weighted by Gasteiger charge is 2.18. The van der Waals surface area contributed by atoms with Crippen molar-refractivity contribution in [2.45, 2.75) is 12.5 Å². The third kappa shape index (κ3) is 3.43. The lowest BCUT2D eigenvalue weighted by Crippen LogP contribution is -2.43. The minimum Gasteiger partial charge on any atom is -0.668 e. The summed E-state index contributed by atoms with van der Waals surface area (Å²) in [7, 11) is 3.66. The largest absolute Gasteiger partial charge is 0.668 e. The quantitative estimate of drug-likeness (QED) is 0.749. The number of phenolic OH excluding ortho intramolecular Hbond substituents is 1. The molecule has 0 spiro atoms. The van der Waals surface area contributed by atoms with Gasteiger partial charge in [0.2, 0.25) is 5.91 Å². The summed E-state index contributed by atoms with van der Waals surface area (Å²) in [6.45, 7) is 0. The lowest BCUT2D eigenvalue weighted by atomic mass is 10.0. The molecule has 1 atom stereocenters. The number of carbonyl (C=O) groups excluding carboxylic acids is 1. The van der Waals surface area contributed by atoms with Crippen molar-refractivity contribution < 1.29 is 9.90 Å². The molecule has 0 bridgehead atoms. The molecule has 0 aliphatic rings. The average molecular weight is 239 g/mol. The fourth-order valence-electron chi connectivity index (χ4n) is 1.43. The van der Waals surface area contributed by atoms with Gasteiger partial charge in [-0.25, -0.2) is 0 Å². The zero-order valence-electron chi connectivity index (χ0n) is 9.30. The zero-order valence-corrected chi connectivity index (χ0v) is 10.1. The first-order chi connectivity index (χ1) is 7.54. The van der Waals surface area contributed by atoms with Crippen molar-refractivity contribution in [2.75, 3.05) is 14.1 Å². The van der Waals surface area contributed by atoms with E-state index in [4.69, 9.17) is 5.11 Å². The van der Waals surface area contributed by atoms with Crippen molar-refractivity contribution in [3.05, 3.63) is 29.8 Å². The van der Waals surface area contributed by atoms with Crippen molar-refractivity contribution in [3.63, 3.8) is 0 Å². The number of carbonyl (C=O) groups is 1. The molecule has 0 aliphatic heterocycles. The highest BCUT2D eigenvalue weighted by molar-refractivity contribution is 7.57.